The van der Waals surface area contributed by atoms with Gasteiger partial charge in [0.2, 0.25) is 0 Å². The molecule has 0 aliphatic carbocycles. The van der Waals surface area contributed by atoms with E-state index in [1.54, 1.807) is 18.2 Å². The predicted octanol–water partition coefficient (Wildman–Crippen LogP) is 4.95. The summed E-state index contributed by atoms with van der Waals surface area (Å²) in [5.74, 6) is -0.168. The molecule has 1 amide bonds. The molecule has 0 saturated carbocycles. The molecule has 1 fully saturated rings. The molecule has 2 heterocycles. The molecule has 0 radical (unpaired) electrons. The van der Waals surface area contributed by atoms with Crippen LogP contribution in [0, 0.1) is 13.8 Å². The van der Waals surface area contributed by atoms with E-state index in [4.69, 9.17) is 35.4 Å². The normalized spacial score (nSPS) is 16.7. The SMILES string of the molecule is Cc1ccc(C)n1N1C(=O)/C(=C\c2cccc(Cl)c2Cl)SC1=S. The minimum atomic E-state index is -0.168. The summed E-state index contributed by atoms with van der Waals surface area (Å²) in [6.45, 7) is 3.87. The average molecular weight is 383 g/mol. The van der Waals surface area contributed by atoms with Crippen LogP contribution in [0.5, 0.6) is 0 Å². The van der Waals surface area contributed by atoms with Crippen molar-refractivity contribution >= 4 is 63.5 Å². The molecule has 0 N–H and O–H groups in total. The zero-order valence-electron chi connectivity index (χ0n) is 12.3. The summed E-state index contributed by atoms with van der Waals surface area (Å²) >= 11 is 18.9. The Labute approximate surface area is 153 Å². The molecule has 7 heteroatoms. The van der Waals surface area contributed by atoms with Gasteiger partial charge in [-0.2, -0.15) is 5.01 Å². The second-order valence-electron chi connectivity index (χ2n) is 5.06. The van der Waals surface area contributed by atoms with E-state index in [-0.39, 0.29) is 5.91 Å². The monoisotopic (exact) mass is 382 g/mol. The fourth-order valence-corrected chi connectivity index (χ4v) is 3.98. The first-order valence-corrected chi connectivity index (χ1v) is 8.75. The van der Waals surface area contributed by atoms with Crippen LogP contribution in [0.4, 0.5) is 0 Å². The first-order chi connectivity index (χ1) is 10.9. The lowest BCUT2D eigenvalue weighted by Crippen LogP contribution is -2.39. The number of rotatable bonds is 2. The largest absolute Gasteiger partial charge is 0.285 e. The third-order valence-corrected chi connectivity index (χ3v) is 5.59. The summed E-state index contributed by atoms with van der Waals surface area (Å²) < 4.78 is 2.31. The molecule has 1 aliphatic rings. The molecular weight excluding hydrogens is 371 g/mol. The van der Waals surface area contributed by atoms with Gasteiger partial charge < -0.3 is 0 Å². The number of hydrogen-bond donors (Lipinski definition) is 0. The molecule has 23 heavy (non-hydrogen) atoms. The molecule has 0 atom stereocenters. The maximum atomic E-state index is 12.8. The van der Waals surface area contributed by atoms with Gasteiger partial charge >= 0.3 is 0 Å². The lowest BCUT2D eigenvalue weighted by atomic mass is 10.2. The van der Waals surface area contributed by atoms with Gasteiger partial charge in [0.1, 0.15) is 0 Å². The number of aromatic nitrogens is 1. The summed E-state index contributed by atoms with van der Waals surface area (Å²) in [5.41, 5.74) is 2.59. The summed E-state index contributed by atoms with van der Waals surface area (Å²) in [6.07, 6.45) is 1.72. The zero-order valence-corrected chi connectivity index (χ0v) is 15.5. The average Bonchev–Trinajstić information content (AvgIpc) is 2.96. The van der Waals surface area contributed by atoms with Crippen LogP contribution in [0.3, 0.4) is 0 Å². The van der Waals surface area contributed by atoms with E-state index < -0.39 is 0 Å². The molecule has 3 rings (SSSR count). The minimum absolute atomic E-state index is 0.168. The van der Waals surface area contributed by atoms with Gasteiger partial charge in [-0.15, -0.1) is 0 Å². The van der Waals surface area contributed by atoms with Crippen LogP contribution in [0.15, 0.2) is 35.2 Å². The van der Waals surface area contributed by atoms with Crippen molar-refractivity contribution in [3.05, 3.63) is 62.2 Å². The number of carbonyl (C=O) groups is 1. The number of amides is 1. The van der Waals surface area contributed by atoms with Gasteiger partial charge in [0.15, 0.2) is 4.32 Å². The van der Waals surface area contributed by atoms with E-state index in [9.17, 15) is 4.79 Å². The molecule has 3 nitrogen and oxygen atoms in total. The first kappa shape index (κ1) is 16.6. The van der Waals surface area contributed by atoms with Crippen LogP contribution >= 0.6 is 47.2 Å². The van der Waals surface area contributed by atoms with E-state index >= 15 is 0 Å². The van der Waals surface area contributed by atoms with Gasteiger partial charge in [0.25, 0.3) is 5.91 Å². The van der Waals surface area contributed by atoms with Crippen molar-refractivity contribution < 1.29 is 4.79 Å². The van der Waals surface area contributed by atoms with Crippen molar-refractivity contribution in [1.29, 1.82) is 0 Å². The first-order valence-electron chi connectivity index (χ1n) is 6.77. The molecule has 118 valence electrons. The molecule has 0 unspecified atom stereocenters. The van der Waals surface area contributed by atoms with E-state index in [0.29, 0.717) is 24.8 Å². The van der Waals surface area contributed by atoms with Gasteiger partial charge in [-0.25, -0.2) is 0 Å². The Balaban J connectivity index is 2.02. The van der Waals surface area contributed by atoms with E-state index in [1.807, 2.05) is 36.7 Å². The molecule has 2 aromatic rings. The lowest BCUT2D eigenvalue weighted by molar-refractivity contribution is -0.114. The number of benzene rings is 1. The van der Waals surface area contributed by atoms with Gasteiger partial charge in [-0.3, -0.25) is 9.47 Å². The summed E-state index contributed by atoms with van der Waals surface area (Å²) in [7, 11) is 0. The van der Waals surface area contributed by atoms with Crippen molar-refractivity contribution in [2.24, 2.45) is 0 Å². The van der Waals surface area contributed by atoms with Gasteiger partial charge in [-0.05, 0) is 55.9 Å². The van der Waals surface area contributed by atoms with Crippen molar-refractivity contribution in [2.75, 3.05) is 5.01 Å². The number of halogens is 2. The molecule has 1 aromatic heterocycles. The van der Waals surface area contributed by atoms with E-state index in [0.717, 1.165) is 11.4 Å². The highest BCUT2D eigenvalue weighted by Gasteiger charge is 2.34. The Kier molecular flexibility index (Phi) is 4.56. The maximum absolute atomic E-state index is 12.8. The van der Waals surface area contributed by atoms with Crippen LogP contribution < -0.4 is 5.01 Å². The Hall–Kier alpha value is -1.27. The second kappa shape index (κ2) is 6.32. The molecular formula is C16H12Cl2N2OS2. The topological polar surface area (TPSA) is 25.2 Å². The van der Waals surface area contributed by atoms with Crippen LogP contribution in [0.25, 0.3) is 6.08 Å². The van der Waals surface area contributed by atoms with Gasteiger partial charge in [-0.1, -0.05) is 47.1 Å². The standard InChI is InChI=1S/C16H12Cl2N2OS2/c1-9-6-7-10(2)19(9)20-15(21)13(23-16(20)22)8-11-4-3-5-12(17)14(11)18/h3-8H,1-2H3/b13-8+. The molecule has 0 spiro atoms. The molecule has 1 saturated heterocycles. The Bertz CT molecular complexity index is 838. The van der Waals surface area contributed by atoms with Gasteiger partial charge in [0, 0.05) is 11.4 Å². The second-order valence-corrected chi connectivity index (χ2v) is 7.53. The van der Waals surface area contributed by atoms with E-state index in [1.165, 1.54) is 16.8 Å². The van der Waals surface area contributed by atoms with Crippen LogP contribution in [-0.2, 0) is 4.79 Å². The fourth-order valence-electron chi connectivity index (χ4n) is 2.38. The number of carbonyl (C=O) groups excluding carboxylic acids is 1. The van der Waals surface area contributed by atoms with Crippen LogP contribution in [0.2, 0.25) is 10.0 Å². The smallest absolute Gasteiger partial charge is 0.266 e. The zero-order chi connectivity index (χ0) is 16.7. The highest BCUT2D eigenvalue weighted by molar-refractivity contribution is 8.27. The van der Waals surface area contributed by atoms with Crippen molar-refractivity contribution in [3.8, 4) is 0 Å². The fraction of sp³-hybridized carbons (Fsp3) is 0.125. The number of thiocarbonyl (C=S) groups is 1. The highest BCUT2D eigenvalue weighted by Crippen LogP contribution is 2.35. The summed E-state index contributed by atoms with van der Waals surface area (Å²) in [6, 6.07) is 9.21. The minimum Gasteiger partial charge on any atom is -0.266 e. The van der Waals surface area contributed by atoms with Crippen LogP contribution in [-0.4, -0.2) is 14.9 Å². The quantitative estimate of drug-likeness (QED) is 0.542. The summed E-state index contributed by atoms with van der Waals surface area (Å²) in [5, 5.41) is 2.38. The number of aryl methyl sites for hydroxylation is 2. The highest BCUT2D eigenvalue weighted by atomic mass is 35.5. The Morgan fingerprint density at radius 2 is 1.78 bits per heavy atom. The lowest BCUT2D eigenvalue weighted by Gasteiger charge is -2.20. The Morgan fingerprint density at radius 1 is 1.13 bits per heavy atom. The Morgan fingerprint density at radius 3 is 2.43 bits per heavy atom. The maximum Gasteiger partial charge on any atom is 0.285 e. The number of nitrogens with zero attached hydrogens (tertiary/aromatic N) is 2. The number of thioether (sulfide) groups is 1. The predicted molar refractivity (Wildman–Crippen MR) is 102 cm³/mol. The van der Waals surface area contributed by atoms with Crippen molar-refractivity contribution in [3.63, 3.8) is 0 Å². The van der Waals surface area contributed by atoms with Crippen molar-refractivity contribution in [2.45, 2.75) is 13.8 Å². The number of hydrogen-bond acceptors (Lipinski definition) is 3. The van der Waals surface area contributed by atoms with Crippen LogP contribution in [0.1, 0.15) is 17.0 Å². The molecule has 1 aromatic carbocycles. The van der Waals surface area contributed by atoms with Crippen molar-refractivity contribution in [1.82, 2.24) is 4.68 Å². The van der Waals surface area contributed by atoms with Gasteiger partial charge in [0.05, 0.1) is 15.0 Å². The summed E-state index contributed by atoms with van der Waals surface area (Å²) in [4.78, 5) is 13.3. The molecule has 1 aliphatic heterocycles. The third kappa shape index (κ3) is 2.94. The molecule has 0 bridgehead atoms. The van der Waals surface area contributed by atoms with E-state index in [2.05, 4.69) is 0 Å². The third-order valence-electron chi connectivity index (χ3n) is 3.48.